The Morgan fingerprint density at radius 1 is 0.306 bits per heavy atom. The van der Waals surface area contributed by atoms with E-state index < -0.39 is 0 Å². The van der Waals surface area contributed by atoms with Gasteiger partial charge in [0.15, 0.2) is 0 Å². The fourth-order valence-corrected chi connectivity index (χ4v) is 9.74. The zero-order valence-electron chi connectivity index (χ0n) is 26.3. The van der Waals surface area contributed by atoms with Crippen molar-refractivity contribution in [1.82, 2.24) is 15.0 Å². The molecule has 0 aliphatic rings. The molecule has 0 bridgehead atoms. The van der Waals surface area contributed by atoms with Gasteiger partial charge in [0.1, 0.15) is 0 Å². The van der Waals surface area contributed by atoms with Crippen LogP contribution in [0.5, 0.6) is 0 Å². The van der Waals surface area contributed by atoms with Crippen LogP contribution in [0.3, 0.4) is 0 Å². The Balaban J connectivity index is 1.23. The Kier molecular flexibility index (Phi) is 6.51. The van der Waals surface area contributed by atoms with Crippen molar-refractivity contribution in [2.75, 3.05) is 0 Å². The summed E-state index contributed by atoms with van der Waals surface area (Å²) in [5, 5.41) is 10.0. The van der Waals surface area contributed by atoms with Gasteiger partial charge in [-0.05, 0) is 0 Å². The molecule has 0 spiro atoms. The number of rotatable bonds is 4. The van der Waals surface area contributed by atoms with Crippen LogP contribution in [0.15, 0.2) is 164 Å². The van der Waals surface area contributed by atoms with Gasteiger partial charge >= 0.3 is 284 Å². The van der Waals surface area contributed by atoms with Crippen LogP contribution in [0.1, 0.15) is 0 Å². The molecule has 2 heterocycles. The molecule has 0 atom stereocenters. The van der Waals surface area contributed by atoms with Crippen LogP contribution in [-0.2, 0) is 0 Å². The Hall–Kier alpha value is -5.93. The van der Waals surface area contributed by atoms with E-state index in [1.54, 1.807) is 0 Å². The van der Waals surface area contributed by atoms with Gasteiger partial charge in [0, 0.05) is 0 Å². The molecule has 0 fully saturated rings. The molecule has 0 aliphatic carbocycles. The van der Waals surface area contributed by atoms with E-state index in [4.69, 9.17) is 15.0 Å². The number of aromatic nitrogens is 3. The Morgan fingerprint density at radius 3 is 1.55 bits per heavy atom. The molecule has 10 rings (SSSR count). The third kappa shape index (κ3) is 4.69. The number of hydrogen-bond acceptors (Lipinski definition) is 3. The molecule has 0 radical (unpaired) electrons. The van der Waals surface area contributed by atoms with Crippen molar-refractivity contribution < 1.29 is 0 Å². The summed E-state index contributed by atoms with van der Waals surface area (Å²) in [6.45, 7) is 0. The summed E-state index contributed by atoms with van der Waals surface area (Å²) in [5.74, 6) is 2.05. The van der Waals surface area contributed by atoms with Crippen LogP contribution < -0.4 is 0 Å². The van der Waals surface area contributed by atoms with E-state index in [1.807, 2.05) is 6.07 Å². The monoisotopic (exact) mass is 689 g/mol. The molecule has 8 aromatic carbocycles. The van der Waals surface area contributed by atoms with Gasteiger partial charge in [0.05, 0.1) is 0 Å². The van der Waals surface area contributed by atoms with Crippen molar-refractivity contribution in [3.8, 4) is 45.3 Å². The number of fused-ring (bicyclic) bond motifs is 9. The molecular formula is C45H27N3Se. The zero-order chi connectivity index (χ0) is 32.3. The maximum absolute atomic E-state index is 5.26. The molecule has 3 nitrogen and oxygen atoms in total. The first kappa shape index (κ1) is 28.1. The molecule has 49 heavy (non-hydrogen) atoms. The van der Waals surface area contributed by atoms with Gasteiger partial charge in [0.25, 0.3) is 0 Å². The first-order valence-corrected chi connectivity index (χ1v) is 18.2. The Bertz CT molecular complexity index is 2860. The van der Waals surface area contributed by atoms with E-state index in [1.165, 1.54) is 51.6 Å². The minimum absolute atomic E-state index is 0.158. The average Bonchev–Trinajstić information content (AvgIpc) is 3.57. The average molecular weight is 689 g/mol. The molecule has 0 saturated carbocycles. The van der Waals surface area contributed by atoms with Gasteiger partial charge < -0.3 is 0 Å². The molecule has 228 valence electrons. The second-order valence-corrected chi connectivity index (χ2v) is 14.6. The summed E-state index contributed by atoms with van der Waals surface area (Å²) in [7, 11) is 0. The van der Waals surface area contributed by atoms with Crippen LogP contribution in [0.4, 0.5) is 0 Å². The first-order chi connectivity index (χ1) is 24.3. The third-order valence-electron chi connectivity index (χ3n) is 9.51. The summed E-state index contributed by atoms with van der Waals surface area (Å²) >= 11 is 0.158. The van der Waals surface area contributed by atoms with E-state index in [-0.39, 0.29) is 14.5 Å². The van der Waals surface area contributed by atoms with E-state index in [0.717, 1.165) is 27.8 Å². The third-order valence-corrected chi connectivity index (χ3v) is 12.1. The van der Waals surface area contributed by atoms with Crippen molar-refractivity contribution in [3.63, 3.8) is 0 Å². The fraction of sp³-hybridized carbons (Fsp3) is 0. The van der Waals surface area contributed by atoms with E-state index >= 15 is 0 Å². The van der Waals surface area contributed by atoms with Crippen LogP contribution >= 0.6 is 0 Å². The topological polar surface area (TPSA) is 38.7 Å². The van der Waals surface area contributed by atoms with Gasteiger partial charge in [-0.15, -0.1) is 0 Å². The zero-order valence-corrected chi connectivity index (χ0v) is 28.1. The number of hydrogen-bond donors (Lipinski definition) is 0. The molecule has 0 unspecified atom stereocenters. The van der Waals surface area contributed by atoms with Crippen LogP contribution in [0.25, 0.3) is 96.9 Å². The standard InChI is InChI=1S/C45H27N3Se/c1-2-12-28(13-3-1)29-14-10-15-30(26-29)43-46-44(48-45(47-43)39-22-11-21-38-37-20-8-9-23-41(37)49-42(38)39)31-24-25-36-34-18-5-4-16-32(34)33-17-6-7-19-35(33)40(36)27-31/h1-27H. The molecule has 2 aromatic heterocycles. The molecule has 10 aromatic rings. The van der Waals surface area contributed by atoms with Crippen molar-refractivity contribution in [3.05, 3.63) is 164 Å². The Labute approximate surface area is 288 Å². The van der Waals surface area contributed by atoms with Gasteiger partial charge in [-0.3, -0.25) is 0 Å². The van der Waals surface area contributed by atoms with Crippen molar-refractivity contribution >= 4 is 66.1 Å². The van der Waals surface area contributed by atoms with Gasteiger partial charge in [-0.25, -0.2) is 0 Å². The van der Waals surface area contributed by atoms with Gasteiger partial charge in [0.2, 0.25) is 0 Å². The summed E-state index contributed by atoms with van der Waals surface area (Å²) in [6, 6.07) is 58.3. The summed E-state index contributed by atoms with van der Waals surface area (Å²) in [6.07, 6.45) is 0. The molecule has 0 aliphatic heterocycles. The fourth-order valence-electron chi connectivity index (χ4n) is 7.19. The Morgan fingerprint density at radius 2 is 0.816 bits per heavy atom. The molecule has 4 heteroatoms. The van der Waals surface area contributed by atoms with Crippen molar-refractivity contribution in [2.45, 2.75) is 0 Å². The van der Waals surface area contributed by atoms with E-state index in [9.17, 15) is 0 Å². The van der Waals surface area contributed by atoms with Crippen LogP contribution in [-0.4, -0.2) is 29.5 Å². The van der Waals surface area contributed by atoms with Crippen LogP contribution in [0.2, 0.25) is 0 Å². The molecular weight excluding hydrogens is 661 g/mol. The summed E-state index contributed by atoms with van der Waals surface area (Å²) in [5.41, 5.74) is 5.30. The van der Waals surface area contributed by atoms with E-state index in [0.29, 0.717) is 17.5 Å². The number of benzene rings is 8. The van der Waals surface area contributed by atoms with Crippen LogP contribution in [0, 0.1) is 0 Å². The first-order valence-electron chi connectivity index (χ1n) is 16.4. The van der Waals surface area contributed by atoms with Gasteiger partial charge in [-0.1, -0.05) is 6.07 Å². The second kappa shape index (κ2) is 11.3. The predicted octanol–water partition coefficient (Wildman–Crippen LogP) is 11.4. The summed E-state index contributed by atoms with van der Waals surface area (Å²) < 4.78 is 2.73. The minimum atomic E-state index is 0.158. The van der Waals surface area contributed by atoms with Crippen molar-refractivity contribution in [2.24, 2.45) is 0 Å². The second-order valence-electron chi connectivity index (χ2n) is 12.4. The SMILES string of the molecule is c1ccc(-c2cccc(-c3nc(-c4ccc5c6ccccc6c6ccccc6c5c4)nc(-c4cccc5c4[se]c4ccccc45)n3)c2)cc1. The molecule has 0 saturated heterocycles. The maximum atomic E-state index is 5.26. The van der Waals surface area contributed by atoms with E-state index in [2.05, 4.69) is 158 Å². The predicted molar refractivity (Wildman–Crippen MR) is 206 cm³/mol. The normalized spacial score (nSPS) is 11.7. The summed E-state index contributed by atoms with van der Waals surface area (Å²) in [4.78, 5) is 15.7. The van der Waals surface area contributed by atoms with Gasteiger partial charge in [-0.2, -0.15) is 0 Å². The molecule has 0 amide bonds. The number of nitrogens with zero attached hydrogens (tertiary/aromatic N) is 3. The van der Waals surface area contributed by atoms with Crippen molar-refractivity contribution in [1.29, 1.82) is 0 Å². The quantitative estimate of drug-likeness (QED) is 0.136. The molecule has 0 N–H and O–H groups in total.